The first-order valence-electron chi connectivity index (χ1n) is 5.85. The van der Waals surface area contributed by atoms with E-state index in [2.05, 4.69) is 10.3 Å². The lowest BCUT2D eigenvalue weighted by atomic mass is 10.2. The van der Waals surface area contributed by atoms with Gasteiger partial charge in [0.15, 0.2) is 0 Å². The van der Waals surface area contributed by atoms with Crippen molar-refractivity contribution in [1.82, 2.24) is 4.98 Å². The first-order valence-corrected chi connectivity index (χ1v) is 5.85. The van der Waals surface area contributed by atoms with Crippen LogP contribution in [0.15, 0.2) is 30.5 Å². The van der Waals surface area contributed by atoms with Gasteiger partial charge in [-0.3, -0.25) is 4.79 Å². The monoisotopic (exact) mass is 292 g/mol. The molecule has 108 valence electrons. The molecule has 0 aliphatic heterocycles. The van der Waals surface area contributed by atoms with E-state index in [0.717, 1.165) is 24.4 Å². The minimum absolute atomic E-state index is 0.0281. The van der Waals surface area contributed by atoms with Gasteiger partial charge >= 0.3 is 5.97 Å². The van der Waals surface area contributed by atoms with Crippen molar-refractivity contribution in [3.8, 4) is 0 Å². The lowest BCUT2D eigenvalue weighted by molar-refractivity contribution is 0.0690. The van der Waals surface area contributed by atoms with Crippen LogP contribution in [0.2, 0.25) is 0 Å². The van der Waals surface area contributed by atoms with Crippen LogP contribution in [0.3, 0.4) is 0 Å². The Bertz CT molecular complexity index is 715. The number of carboxylic acid groups (broad SMARTS) is 1. The SMILES string of the molecule is Cc1cc(F)c(NC(=O)c2ccc(C(=O)O)nc2)cc1F. The van der Waals surface area contributed by atoms with E-state index < -0.39 is 23.5 Å². The van der Waals surface area contributed by atoms with E-state index in [1.165, 1.54) is 13.0 Å². The van der Waals surface area contributed by atoms with Crippen molar-refractivity contribution in [2.75, 3.05) is 5.32 Å². The number of halogens is 2. The smallest absolute Gasteiger partial charge is 0.354 e. The molecule has 2 N–H and O–H groups in total. The van der Waals surface area contributed by atoms with Crippen LogP contribution in [0.25, 0.3) is 0 Å². The highest BCUT2D eigenvalue weighted by molar-refractivity contribution is 6.04. The highest BCUT2D eigenvalue weighted by atomic mass is 19.1. The van der Waals surface area contributed by atoms with E-state index >= 15 is 0 Å². The zero-order chi connectivity index (χ0) is 15.6. The van der Waals surface area contributed by atoms with Gasteiger partial charge in [0.1, 0.15) is 17.3 Å². The Kier molecular flexibility index (Phi) is 3.93. The maximum atomic E-state index is 13.6. The quantitative estimate of drug-likeness (QED) is 0.911. The van der Waals surface area contributed by atoms with Crippen LogP contribution < -0.4 is 5.32 Å². The summed E-state index contributed by atoms with van der Waals surface area (Å²) in [7, 11) is 0. The standard InChI is InChI=1S/C14H10F2N2O3/c1-7-4-10(16)12(5-9(7)15)18-13(19)8-2-3-11(14(20)21)17-6-8/h2-6H,1H3,(H,18,19)(H,20,21). The number of aromatic carboxylic acids is 1. The van der Waals surface area contributed by atoms with E-state index in [1.54, 1.807) is 0 Å². The second-order valence-corrected chi connectivity index (χ2v) is 4.27. The number of carbonyl (C=O) groups excluding carboxylic acids is 1. The number of aromatic nitrogens is 1. The Morgan fingerprint density at radius 2 is 1.90 bits per heavy atom. The fourth-order valence-corrected chi connectivity index (χ4v) is 1.59. The number of rotatable bonds is 3. The Hall–Kier alpha value is -2.83. The van der Waals surface area contributed by atoms with Gasteiger partial charge in [0.2, 0.25) is 0 Å². The third kappa shape index (κ3) is 3.19. The minimum atomic E-state index is -1.23. The Morgan fingerprint density at radius 1 is 1.19 bits per heavy atom. The molecule has 0 radical (unpaired) electrons. The van der Waals surface area contributed by atoms with Gasteiger partial charge in [-0.25, -0.2) is 18.6 Å². The van der Waals surface area contributed by atoms with Crippen molar-refractivity contribution in [3.05, 3.63) is 58.9 Å². The van der Waals surface area contributed by atoms with Crippen LogP contribution in [0, 0.1) is 18.6 Å². The Morgan fingerprint density at radius 3 is 2.48 bits per heavy atom. The van der Waals surface area contributed by atoms with Gasteiger partial charge < -0.3 is 10.4 Å². The fraction of sp³-hybridized carbons (Fsp3) is 0.0714. The third-order valence-electron chi connectivity index (χ3n) is 2.74. The highest BCUT2D eigenvalue weighted by Gasteiger charge is 2.13. The van der Waals surface area contributed by atoms with Crippen LogP contribution in [0.4, 0.5) is 14.5 Å². The Labute approximate surface area is 118 Å². The molecule has 1 heterocycles. The molecule has 7 heteroatoms. The summed E-state index contributed by atoms with van der Waals surface area (Å²) in [6.45, 7) is 1.40. The zero-order valence-electron chi connectivity index (χ0n) is 10.9. The summed E-state index contributed by atoms with van der Waals surface area (Å²) in [6, 6.07) is 4.22. The predicted molar refractivity (Wildman–Crippen MR) is 70.2 cm³/mol. The number of amides is 1. The topological polar surface area (TPSA) is 79.3 Å². The minimum Gasteiger partial charge on any atom is -0.477 e. The van der Waals surface area contributed by atoms with Crippen LogP contribution in [-0.4, -0.2) is 22.0 Å². The molecule has 1 amide bonds. The summed E-state index contributed by atoms with van der Waals surface area (Å²) < 4.78 is 27.0. The van der Waals surface area contributed by atoms with Gasteiger partial charge in [-0.2, -0.15) is 0 Å². The average Bonchev–Trinajstić information content (AvgIpc) is 2.44. The maximum Gasteiger partial charge on any atom is 0.354 e. The molecule has 0 unspecified atom stereocenters. The molecule has 1 aromatic carbocycles. The number of anilines is 1. The molecule has 21 heavy (non-hydrogen) atoms. The molecule has 2 rings (SSSR count). The normalized spacial score (nSPS) is 10.2. The largest absolute Gasteiger partial charge is 0.477 e. The number of benzene rings is 1. The molecule has 0 atom stereocenters. The molecule has 1 aromatic heterocycles. The van der Waals surface area contributed by atoms with Gasteiger partial charge in [0.25, 0.3) is 5.91 Å². The second kappa shape index (κ2) is 5.66. The zero-order valence-corrected chi connectivity index (χ0v) is 10.9. The number of pyridine rings is 1. The van der Waals surface area contributed by atoms with Gasteiger partial charge in [-0.15, -0.1) is 0 Å². The summed E-state index contributed by atoms with van der Waals surface area (Å²) in [4.78, 5) is 26.1. The van der Waals surface area contributed by atoms with Crippen molar-refractivity contribution in [2.24, 2.45) is 0 Å². The number of aryl methyl sites for hydroxylation is 1. The molecule has 5 nitrogen and oxygen atoms in total. The molecule has 0 aliphatic carbocycles. The molecule has 0 saturated carbocycles. The number of nitrogens with one attached hydrogen (secondary N) is 1. The third-order valence-corrected chi connectivity index (χ3v) is 2.74. The lowest BCUT2D eigenvalue weighted by Gasteiger charge is -2.08. The maximum absolute atomic E-state index is 13.6. The number of hydrogen-bond donors (Lipinski definition) is 2. The molecule has 0 aliphatic rings. The molecular weight excluding hydrogens is 282 g/mol. The number of carboxylic acids is 1. The second-order valence-electron chi connectivity index (χ2n) is 4.27. The summed E-state index contributed by atoms with van der Waals surface area (Å²) in [5, 5.41) is 10.9. The molecule has 0 saturated heterocycles. The van der Waals surface area contributed by atoms with E-state index in [0.29, 0.717) is 0 Å². The van der Waals surface area contributed by atoms with Gasteiger partial charge in [0.05, 0.1) is 11.3 Å². The first-order chi connectivity index (χ1) is 9.88. The molecule has 2 aromatic rings. The van der Waals surface area contributed by atoms with Crippen molar-refractivity contribution in [2.45, 2.75) is 6.92 Å². The van der Waals surface area contributed by atoms with E-state index in [4.69, 9.17) is 5.11 Å². The van der Waals surface area contributed by atoms with Crippen molar-refractivity contribution in [3.63, 3.8) is 0 Å². The van der Waals surface area contributed by atoms with Crippen molar-refractivity contribution >= 4 is 17.6 Å². The van der Waals surface area contributed by atoms with E-state index in [-0.39, 0.29) is 22.5 Å². The summed E-state index contributed by atoms with van der Waals surface area (Å²) in [5.74, 6) is -3.36. The molecule has 0 fully saturated rings. The number of nitrogens with zero attached hydrogens (tertiary/aromatic N) is 1. The molecule has 0 spiro atoms. The van der Waals surface area contributed by atoms with Crippen LogP contribution in [-0.2, 0) is 0 Å². The first kappa shape index (κ1) is 14.6. The van der Waals surface area contributed by atoms with Gasteiger partial charge in [-0.05, 0) is 30.7 Å². The van der Waals surface area contributed by atoms with Crippen molar-refractivity contribution in [1.29, 1.82) is 0 Å². The van der Waals surface area contributed by atoms with Crippen LogP contribution >= 0.6 is 0 Å². The summed E-state index contributed by atoms with van der Waals surface area (Å²) in [6.07, 6.45) is 1.04. The van der Waals surface area contributed by atoms with Crippen LogP contribution in [0.5, 0.6) is 0 Å². The molecular formula is C14H10F2N2O3. The van der Waals surface area contributed by atoms with Crippen LogP contribution in [0.1, 0.15) is 26.4 Å². The lowest BCUT2D eigenvalue weighted by Crippen LogP contribution is -2.14. The fourth-order valence-electron chi connectivity index (χ4n) is 1.59. The number of hydrogen-bond acceptors (Lipinski definition) is 3. The average molecular weight is 292 g/mol. The van der Waals surface area contributed by atoms with E-state index in [1.807, 2.05) is 0 Å². The van der Waals surface area contributed by atoms with Crippen molar-refractivity contribution < 1.29 is 23.5 Å². The molecule has 0 bridgehead atoms. The summed E-state index contributed by atoms with van der Waals surface area (Å²) >= 11 is 0. The number of carbonyl (C=O) groups is 2. The van der Waals surface area contributed by atoms with Gasteiger partial charge in [-0.1, -0.05) is 0 Å². The predicted octanol–water partition coefficient (Wildman–Crippen LogP) is 2.62. The Balaban J connectivity index is 2.22. The van der Waals surface area contributed by atoms with Gasteiger partial charge in [0, 0.05) is 12.3 Å². The summed E-state index contributed by atoms with van der Waals surface area (Å²) in [5.41, 5.74) is -0.372. The highest BCUT2D eigenvalue weighted by Crippen LogP contribution is 2.19. The van der Waals surface area contributed by atoms with E-state index in [9.17, 15) is 18.4 Å².